The Morgan fingerprint density at radius 3 is 2.80 bits per heavy atom. The minimum absolute atomic E-state index is 0.0938. The molecule has 2 heterocycles. The lowest BCUT2D eigenvalue weighted by Gasteiger charge is -2.50. The number of fused-ring (bicyclic) bond motifs is 2. The third kappa shape index (κ3) is 3.33. The number of rotatable bonds is 5. The maximum absolute atomic E-state index is 13.1. The van der Waals surface area contributed by atoms with Gasteiger partial charge in [0, 0.05) is 30.7 Å². The van der Waals surface area contributed by atoms with E-state index in [0.29, 0.717) is 5.92 Å². The summed E-state index contributed by atoms with van der Waals surface area (Å²) in [5.74, 6) is 1.57. The molecule has 1 fully saturated rings. The van der Waals surface area contributed by atoms with Gasteiger partial charge in [0.05, 0.1) is 7.11 Å². The summed E-state index contributed by atoms with van der Waals surface area (Å²) in [7, 11) is 3.96. The summed E-state index contributed by atoms with van der Waals surface area (Å²) in [6, 6.07) is 8.65. The number of H-pyrrole nitrogens is 1. The van der Waals surface area contributed by atoms with Crippen molar-refractivity contribution in [3.05, 3.63) is 52.3 Å². The Morgan fingerprint density at radius 2 is 2.10 bits per heavy atom. The first-order chi connectivity index (χ1) is 14.4. The Balaban J connectivity index is 1.78. The number of carbonyl (C=O) groups excluding carboxylic acids is 1. The van der Waals surface area contributed by atoms with Gasteiger partial charge in [-0.05, 0) is 88.4 Å². The van der Waals surface area contributed by atoms with Gasteiger partial charge >= 0.3 is 0 Å². The van der Waals surface area contributed by atoms with E-state index in [0.717, 1.165) is 62.4 Å². The molecule has 1 aromatic heterocycles. The summed E-state index contributed by atoms with van der Waals surface area (Å²) in [4.78, 5) is 21.0. The average Bonchev–Trinajstić information content (AvgIpc) is 3.08. The molecule has 2 aromatic rings. The molecule has 162 valence electrons. The third-order valence-electron chi connectivity index (χ3n) is 7.57. The standard InChI is InChI=1S/C25H35N3O2/c1-6-28(7-2)24(29)23-17(3)21-15-25(18-9-8-10-20(13-18)30-5)11-12-27(4)16-19(25)14-22(21)26-23/h8-10,13,19,26H,6-7,11-12,14-16H2,1-5H3. The number of nitrogens with zero attached hydrogens (tertiary/aromatic N) is 2. The van der Waals surface area contributed by atoms with Gasteiger partial charge in [-0.3, -0.25) is 4.79 Å². The normalized spacial score (nSPS) is 23.6. The molecule has 1 aliphatic heterocycles. The van der Waals surface area contributed by atoms with Gasteiger partial charge in [0.1, 0.15) is 11.4 Å². The van der Waals surface area contributed by atoms with E-state index in [1.165, 1.54) is 16.8 Å². The monoisotopic (exact) mass is 409 g/mol. The van der Waals surface area contributed by atoms with Gasteiger partial charge in [-0.25, -0.2) is 0 Å². The Hall–Kier alpha value is -2.27. The summed E-state index contributed by atoms with van der Waals surface area (Å²) in [5.41, 5.74) is 6.02. The van der Waals surface area contributed by atoms with E-state index < -0.39 is 0 Å². The van der Waals surface area contributed by atoms with E-state index in [-0.39, 0.29) is 11.3 Å². The van der Waals surface area contributed by atoms with E-state index in [2.05, 4.69) is 42.1 Å². The molecule has 0 radical (unpaired) electrons. The Morgan fingerprint density at radius 1 is 1.33 bits per heavy atom. The van der Waals surface area contributed by atoms with Gasteiger partial charge in [0.2, 0.25) is 0 Å². The van der Waals surface area contributed by atoms with Gasteiger partial charge in [0.25, 0.3) is 5.91 Å². The average molecular weight is 410 g/mol. The minimum Gasteiger partial charge on any atom is -0.497 e. The molecule has 0 saturated carbocycles. The van der Waals surface area contributed by atoms with E-state index >= 15 is 0 Å². The molecule has 1 N–H and O–H groups in total. The molecule has 2 unspecified atom stereocenters. The fourth-order valence-corrected chi connectivity index (χ4v) is 5.70. The summed E-state index contributed by atoms with van der Waals surface area (Å²) >= 11 is 0. The Bertz CT molecular complexity index is 930. The van der Waals surface area contributed by atoms with Gasteiger partial charge in [-0.1, -0.05) is 12.1 Å². The van der Waals surface area contributed by atoms with E-state index in [1.54, 1.807) is 7.11 Å². The highest BCUT2D eigenvalue weighted by atomic mass is 16.5. The van der Waals surface area contributed by atoms with Crippen molar-refractivity contribution in [2.75, 3.05) is 40.3 Å². The van der Waals surface area contributed by atoms with Crippen molar-refractivity contribution >= 4 is 5.91 Å². The van der Waals surface area contributed by atoms with Crippen LogP contribution in [-0.4, -0.2) is 61.0 Å². The summed E-state index contributed by atoms with van der Waals surface area (Å²) in [6.07, 6.45) is 3.11. The zero-order valence-electron chi connectivity index (χ0n) is 19.0. The van der Waals surface area contributed by atoms with Gasteiger partial charge in [0.15, 0.2) is 0 Å². The Labute approximate surface area is 180 Å². The highest BCUT2D eigenvalue weighted by Gasteiger charge is 2.48. The van der Waals surface area contributed by atoms with Crippen LogP contribution in [0.4, 0.5) is 0 Å². The maximum Gasteiger partial charge on any atom is 0.270 e. The molecular formula is C25H35N3O2. The van der Waals surface area contributed by atoms with E-state index in [1.807, 2.05) is 24.8 Å². The lowest BCUT2D eigenvalue weighted by Crippen LogP contribution is -2.52. The predicted octanol–water partition coefficient (Wildman–Crippen LogP) is 3.80. The number of aromatic nitrogens is 1. The van der Waals surface area contributed by atoms with Crippen molar-refractivity contribution in [2.24, 2.45) is 5.92 Å². The van der Waals surface area contributed by atoms with Crippen molar-refractivity contribution in [2.45, 2.75) is 45.4 Å². The second-order valence-corrected chi connectivity index (χ2v) is 9.04. The lowest BCUT2D eigenvalue weighted by molar-refractivity contribution is 0.0766. The number of benzene rings is 1. The molecule has 1 aliphatic carbocycles. The number of carbonyl (C=O) groups is 1. The van der Waals surface area contributed by atoms with Crippen molar-refractivity contribution in [3.8, 4) is 5.75 Å². The molecule has 5 nitrogen and oxygen atoms in total. The van der Waals surface area contributed by atoms with Crippen molar-refractivity contribution in [1.29, 1.82) is 0 Å². The van der Waals surface area contributed by atoms with Crippen LogP contribution in [0.15, 0.2) is 24.3 Å². The number of methoxy groups -OCH3 is 1. The molecule has 2 atom stereocenters. The maximum atomic E-state index is 13.1. The molecular weight excluding hydrogens is 374 g/mol. The number of hydrogen-bond acceptors (Lipinski definition) is 3. The van der Waals surface area contributed by atoms with Crippen LogP contribution in [-0.2, 0) is 18.3 Å². The van der Waals surface area contributed by atoms with Crippen LogP contribution >= 0.6 is 0 Å². The largest absolute Gasteiger partial charge is 0.497 e. The first-order valence-electron chi connectivity index (χ1n) is 11.3. The fourth-order valence-electron chi connectivity index (χ4n) is 5.70. The van der Waals surface area contributed by atoms with Crippen LogP contribution in [0.5, 0.6) is 5.75 Å². The molecule has 30 heavy (non-hydrogen) atoms. The highest BCUT2D eigenvalue weighted by molar-refractivity contribution is 5.94. The molecule has 2 aliphatic rings. The molecule has 0 bridgehead atoms. The van der Waals surface area contributed by atoms with Crippen molar-refractivity contribution < 1.29 is 9.53 Å². The number of piperidine rings is 1. The van der Waals surface area contributed by atoms with Crippen molar-refractivity contribution in [1.82, 2.24) is 14.8 Å². The number of aromatic amines is 1. The molecule has 0 spiro atoms. The second kappa shape index (κ2) is 8.10. The Kier molecular flexibility index (Phi) is 5.67. The summed E-state index contributed by atoms with van der Waals surface area (Å²) in [6.45, 7) is 9.86. The first-order valence-corrected chi connectivity index (χ1v) is 11.3. The van der Waals surface area contributed by atoms with Crippen LogP contribution in [0.1, 0.15) is 53.1 Å². The third-order valence-corrected chi connectivity index (χ3v) is 7.57. The van der Waals surface area contributed by atoms with Crippen LogP contribution in [0.2, 0.25) is 0 Å². The van der Waals surface area contributed by atoms with Crippen LogP contribution in [0.25, 0.3) is 0 Å². The van der Waals surface area contributed by atoms with Crippen LogP contribution in [0, 0.1) is 12.8 Å². The molecule has 1 saturated heterocycles. The number of amides is 1. The number of nitrogens with one attached hydrogen (secondary N) is 1. The van der Waals surface area contributed by atoms with Gasteiger partial charge in [-0.2, -0.15) is 0 Å². The topological polar surface area (TPSA) is 48.6 Å². The summed E-state index contributed by atoms with van der Waals surface area (Å²) in [5, 5.41) is 0. The SMILES string of the molecule is CCN(CC)C(=O)c1[nH]c2c(c1C)CC1(c3cccc(OC)c3)CCN(C)CC1C2. The predicted molar refractivity (Wildman–Crippen MR) is 120 cm³/mol. The first kappa shape index (κ1) is 21.0. The minimum atomic E-state index is 0.0938. The second-order valence-electron chi connectivity index (χ2n) is 9.04. The molecule has 1 aromatic carbocycles. The smallest absolute Gasteiger partial charge is 0.270 e. The van der Waals surface area contributed by atoms with Gasteiger partial charge in [-0.15, -0.1) is 0 Å². The zero-order valence-corrected chi connectivity index (χ0v) is 19.0. The van der Waals surface area contributed by atoms with Crippen LogP contribution in [0.3, 0.4) is 0 Å². The van der Waals surface area contributed by atoms with E-state index in [9.17, 15) is 4.79 Å². The fraction of sp³-hybridized carbons (Fsp3) is 0.560. The lowest BCUT2D eigenvalue weighted by atomic mass is 9.58. The van der Waals surface area contributed by atoms with Crippen LogP contribution < -0.4 is 4.74 Å². The number of ether oxygens (including phenoxy) is 1. The molecule has 1 amide bonds. The summed E-state index contributed by atoms with van der Waals surface area (Å²) < 4.78 is 5.56. The number of hydrogen-bond donors (Lipinski definition) is 1. The van der Waals surface area contributed by atoms with Gasteiger partial charge < -0.3 is 19.5 Å². The van der Waals surface area contributed by atoms with E-state index in [4.69, 9.17) is 4.74 Å². The van der Waals surface area contributed by atoms with Crippen molar-refractivity contribution in [3.63, 3.8) is 0 Å². The highest BCUT2D eigenvalue weighted by Crippen LogP contribution is 2.49. The molecule has 4 rings (SSSR count). The number of likely N-dealkylation sites (tertiary alicyclic amines) is 1. The molecule has 5 heteroatoms. The quantitative estimate of drug-likeness (QED) is 0.817. The zero-order chi connectivity index (χ0) is 21.5.